The molecule has 0 aromatic carbocycles. The van der Waals surface area contributed by atoms with Crippen LogP contribution < -0.4 is 0 Å². The van der Waals surface area contributed by atoms with E-state index in [1.807, 2.05) is 0 Å². The Labute approximate surface area is 52.8 Å². The first-order chi connectivity index (χ1) is 3.43. The van der Waals surface area contributed by atoms with Crippen molar-refractivity contribution >= 4 is 0 Å². The Hall–Kier alpha value is 0.168. The molecule has 0 saturated carbocycles. The minimum atomic E-state index is 0.422. The second kappa shape index (κ2) is 2.47. The molecular formula is C6H8Pt+2. The quantitative estimate of drug-likeness (QED) is 0.687. The van der Waals surface area contributed by atoms with Gasteiger partial charge in [-0.15, -0.1) is 0 Å². The summed E-state index contributed by atoms with van der Waals surface area (Å²) in [6, 6.07) is 0. The van der Waals surface area contributed by atoms with Crippen molar-refractivity contribution in [1.29, 1.82) is 0 Å². The van der Waals surface area contributed by atoms with Crippen molar-refractivity contribution in [2.75, 3.05) is 0 Å². The Balaban J connectivity index is 2.44. The third-order valence-electron chi connectivity index (χ3n) is 0.888. The zero-order chi connectivity index (χ0) is 5.11. The van der Waals surface area contributed by atoms with Crippen LogP contribution in [-0.4, -0.2) is 0 Å². The molecule has 0 heterocycles. The van der Waals surface area contributed by atoms with Gasteiger partial charge in [0.25, 0.3) is 0 Å². The molecule has 1 aliphatic carbocycles. The van der Waals surface area contributed by atoms with E-state index in [4.69, 9.17) is 0 Å². The van der Waals surface area contributed by atoms with E-state index in [-0.39, 0.29) is 0 Å². The third-order valence-corrected chi connectivity index (χ3v) is 3.28. The van der Waals surface area contributed by atoms with E-state index in [0.717, 1.165) is 4.31 Å². The van der Waals surface area contributed by atoms with Crippen LogP contribution >= 0.6 is 0 Å². The summed E-state index contributed by atoms with van der Waals surface area (Å²) in [6.45, 7) is 0. The summed E-state index contributed by atoms with van der Waals surface area (Å²) in [7, 11) is 0. The van der Waals surface area contributed by atoms with Gasteiger partial charge in [0, 0.05) is 0 Å². The van der Waals surface area contributed by atoms with E-state index < -0.39 is 0 Å². The summed E-state index contributed by atoms with van der Waals surface area (Å²) in [5, 5.41) is 2.31. The zero-order valence-electron chi connectivity index (χ0n) is 4.20. The molecule has 0 aromatic rings. The van der Waals surface area contributed by atoms with Gasteiger partial charge >= 0.3 is 52.5 Å². The first-order valence-electron chi connectivity index (χ1n) is 2.17. The van der Waals surface area contributed by atoms with Gasteiger partial charge in [-0.3, -0.25) is 0 Å². The van der Waals surface area contributed by atoms with Crippen LogP contribution in [0.3, 0.4) is 0 Å². The summed E-state index contributed by atoms with van der Waals surface area (Å²) in [5.41, 5.74) is 0. The number of hydrogen-bond acceptors (Lipinski definition) is 0. The Morgan fingerprint density at radius 1 is 1.29 bits per heavy atom. The maximum absolute atomic E-state index is 2.31. The van der Waals surface area contributed by atoms with E-state index in [2.05, 4.69) is 29.6 Å². The molecule has 40 valence electrons. The molecule has 0 saturated heterocycles. The summed E-state index contributed by atoms with van der Waals surface area (Å²) >= 11 is 0.422. The van der Waals surface area contributed by atoms with Crippen LogP contribution in [0.15, 0.2) is 24.3 Å². The molecule has 0 fully saturated rings. The molecule has 0 N–H and O–H groups in total. The summed E-state index contributed by atoms with van der Waals surface area (Å²) in [6.07, 6.45) is 8.81. The van der Waals surface area contributed by atoms with Crippen LogP contribution in [0, 0.1) is 0 Å². The first kappa shape index (κ1) is 5.31. The Morgan fingerprint density at radius 2 is 1.86 bits per heavy atom. The molecule has 1 rings (SSSR count). The molecule has 0 amide bonds. The molecule has 0 nitrogen and oxygen atoms in total. The maximum atomic E-state index is 2.31. The fourth-order valence-corrected chi connectivity index (χ4v) is 1.89. The molecular weight excluding hydrogens is 267 g/mol. The van der Waals surface area contributed by atoms with Gasteiger partial charge in [0.05, 0.1) is 0 Å². The van der Waals surface area contributed by atoms with Gasteiger partial charge in [-0.25, -0.2) is 0 Å². The van der Waals surface area contributed by atoms with Crippen LogP contribution in [0.5, 0.6) is 0 Å². The van der Waals surface area contributed by atoms with E-state index in [9.17, 15) is 0 Å². The van der Waals surface area contributed by atoms with E-state index in [1.165, 1.54) is 0 Å². The van der Waals surface area contributed by atoms with Crippen LogP contribution in [0.25, 0.3) is 0 Å². The average molecular weight is 275 g/mol. The van der Waals surface area contributed by atoms with Crippen LogP contribution in [0.4, 0.5) is 0 Å². The topological polar surface area (TPSA) is 0 Å². The predicted molar refractivity (Wildman–Crippen MR) is 27.9 cm³/mol. The monoisotopic (exact) mass is 275 g/mol. The Bertz CT molecular complexity index is 90.7. The van der Waals surface area contributed by atoms with Crippen molar-refractivity contribution in [3.8, 4) is 0 Å². The van der Waals surface area contributed by atoms with Crippen molar-refractivity contribution in [3.63, 3.8) is 0 Å². The Morgan fingerprint density at radius 3 is 2.14 bits per heavy atom. The van der Waals surface area contributed by atoms with Crippen molar-refractivity contribution in [2.45, 2.75) is 9.62 Å². The predicted octanol–water partition coefficient (Wildman–Crippen LogP) is 2.03. The van der Waals surface area contributed by atoms with Gasteiger partial charge in [-0.05, 0) is 0 Å². The van der Waals surface area contributed by atoms with Crippen LogP contribution in [0.2, 0.25) is 9.62 Å². The molecule has 0 bridgehead atoms. The van der Waals surface area contributed by atoms with Gasteiger partial charge in [0.1, 0.15) is 0 Å². The fraction of sp³-hybridized carbons (Fsp3) is 0.333. The molecule has 1 heteroatoms. The van der Waals surface area contributed by atoms with Crippen molar-refractivity contribution in [3.05, 3.63) is 24.3 Å². The average Bonchev–Trinajstić information content (AvgIpc) is 2.14. The van der Waals surface area contributed by atoms with Crippen LogP contribution in [0.1, 0.15) is 0 Å². The van der Waals surface area contributed by atoms with Crippen molar-refractivity contribution in [2.24, 2.45) is 0 Å². The van der Waals surface area contributed by atoms with Gasteiger partial charge < -0.3 is 0 Å². The number of allylic oxidation sites excluding steroid dienone is 4. The van der Waals surface area contributed by atoms with Gasteiger partial charge in [0.15, 0.2) is 0 Å². The van der Waals surface area contributed by atoms with E-state index >= 15 is 0 Å². The first-order valence-corrected chi connectivity index (χ1v) is 5.75. The Kier molecular flexibility index (Phi) is 1.87. The van der Waals surface area contributed by atoms with Gasteiger partial charge in [-0.2, -0.15) is 0 Å². The van der Waals surface area contributed by atoms with E-state index in [1.54, 1.807) is 0 Å². The summed E-state index contributed by atoms with van der Waals surface area (Å²) in [4.78, 5) is 0. The second-order valence-corrected chi connectivity index (χ2v) is 4.18. The molecule has 0 radical (unpaired) electrons. The number of rotatable bonds is 1. The zero-order valence-corrected chi connectivity index (χ0v) is 6.48. The van der Waals surface area contributed by atoms with Crippen molar-refractivity contribution < 1.29 is 18.6 Å². The molecule has 0 atom stereocenters. The van der Waals surface area contributed by atoms with Gasteiger partial charge in [0.2, 0.25) is 0 Å². The SMILES string of the molecule is [CH3][Pt+2][CH]1C=CC=C1. The van der Waals surface area contributed by atoms with Gasteiger partial charge in [-0.1, -0.05) is 0 Å². The molecule has 0 aliphatic heterocycles. The molecule has 7 heavy (non-hydrogen) atoms. The minimum absolute atomic E-state index is 0.422. The second-order valence-electron chi connectivity index (χ2n) is 1.36. The molecule has 1 aliphatic rings. The molecule has 0 spiro atoms. The summed E-state index contributed by atoms with van der Waals surface area (Å²) < 4.78 is 0.847. The van der Waals surface area contributed by atoms with E-state index in [0.29, 0.717) is 18.6 Å². The standard InChI is InChI=1S/C5H5.CH3.Pt/c1-2-4-5-3-1;;/h1-5H;1H3;/q;;+2. The third kappa shape index (κ3) is 1.27. The fourth-order valence-electron chi connectivity index (χ4n) is 0.513. The summed E-state index contributed by atoms with van der Waals surface area (Å²) in [5.74, 6) is 0. The number of hydrogen-bond donors (Lipinski definition) is 0. The molecule has 0 aromatic heterocycles. The normalized spacial score (nSPS) is 19.6. The molecule has 0 unspecified atom stereocenters. The van der Waals surface area contributed by atoms with Crippen LogP contribution in [-0.2, 0) is 18.6 Å². The van der Waals surface area contributed by atoms with Crippen molar-refractivity contribution in [1.82, 2.24) is 0 Å².